The molecule has 1 atom stereocenters. The highest BCUT2D eigenvalue weighted by atomic mass is 35.5. The van der Waals surface area contributed by atoms with E-state index in [0.29, 0.717) is 4.99 Å². The van der Waals surface area contributed by atoms with E-state index >= 15 is 0 Å². The van der Waals surface area contributed by atoms with E-state index in [0.717, 1.165) is 23.7 Å². The summed E-state index contributed by atoms with van der Waals surface area (Å²) in [5.74, 6) is 0. The predicted molar refractivity (Wildman–Crippen MR) is 76.4 cm³/mol. The molecule has 0 aliphatic carbocycles. The van der Waals surface area contributed by atoms with Crippen molar-refractivity contribution in [3.63, 3.8) is 0 Å². The van der Waals surface area contributed by atoms with Gasteiger partial charge in [0.2, 0.25) is 0 Å². The molecule has 0 spiro atoms. The van der Waals surface area contributed by atoms with Crippen molar-refractivity contribution < 1.29 is 0 Å². The van der Waals surface area contributed by atoms with Gasteiger partial charge >= 0.3 is 0 Å². The van der Waals surface area contributed by atoms with Gasteiger partial charge in [0, 0.05) is 5.02 Å². The van der Waals surface area contributed by atoms with Crippen LogP contribution in [-0.4, -0.2) is 23.0 Å². The van der Waals surface area contributed by atoms with Crippen LogP contribution in [0.1, 0.15) is 30.9 Å². The first-order valence-electron chi connectivity index (χ1n) is 5.97. The fraction of sp³-hybridized carbons (Fsp3) is 0.462. The number of thiocarbonyl (C=S) groups is 1. The maximum Gasteiger partial charge on any atom is 0.0948 e. The molecule has 1 aliphatic heterocycles. The highest BCUT2D eigenvalue weighted by molar-refractivity contribution is 7.80. The van der Waals surface area contributed by atoms with Gasteiger partial charge in [0.05, 0.1) is 11.0 Å². The van der Waals surface area contributed by atoms with Crippen molar-refractivity contribution in [3.8, 4) is 0 Å². The molecule has 92 valence electrons. The Labute approximate surface area is 113 Å². The van der Waals surface area contributed by atoms with Crippen LogP contribution >= 0.6 is 23.8 Å². The van der Waals surface area contributed by atoms with Gasteiger partial charge in [-0.05, 0) is 43.6 Å². The van der Waals surface area contributed by atoms with Crippen LogP contribution in [0.2, 0.25) is 5.02 Å². The summed E-state index contributed by atoms with van der Waals surface area (Å²) >= 11 is 11.1. The number of hydrogen-bond acceptors (Lipinski definition) is 2. The van der Waals surface area contributed by atoms with Gasteiger partial charge in [-0.3, -0.25) is 4.90 Å². The Hall–Kier alpha value is -0.640. The van der Waals surface area contributed by atoms with Crippen LogP contribution in [0.4, 0.5) is 0 Å². The summed E-state index contributed by atoms with van der Waals surface area (Å²) in [6.07, 6.45) is 3.76. The van der Waals surface area contributed by atoms with Crippen LogP contribution < -0.4 is 5.73 Å². The molecular weight excluding hydrogens is 252 g/mol. The second-order valence-corrected chi connectivity index (χ2v) is 5.36. The Morgan fingerprint density at radius 3 is 2.29 bits per heavy atom. The fourth-order valence-electron chi connectivity index (χ4n) is 2.38. The third-order valence-electron chi connectivity index (χ3n) is 3.21. The predicted octanol–water partition coefficient (Wildman–Crippen LogP) is 3.15. The molecule has 0 amide bonds. The summed E-state index contributed by atoms with van der Waals surface area (Å²) in [6.45, 7) is 2.15. The number of piperidine rings is 1. The summed E-state index contributed by atoms with van der Waals surface area (Å²) < 4.78 is 0. The number of hydrogen-bond donors (Lipinski definition) is 1. The van der Waals surface area contributed by atoms with Gasteiger partial charge in [-0.2, -0.15) is 0 Å². The zero-order chi connectivity index (χ0) is 12.3. The molecule has 4 heteroatoms. The van der Waals surface area contributed by atoms with Crippen LogP contribution in [0.15, 0.2) is 24.3 Å². The Balaban J connectivity index is 2.21. The first-order chi connectivity index (χ1) is 8.18. The van der Waals surface area contributed by atoms with E-state index in [-0.39, 0.29) is 6.04 Å². The first kappa shape index (κ1) is 12.8. The van der Waals surface area contributed by atoms with Gasteiger partial charge in [0.25, 0.3) is 0 Å². The van der Waals surface area contributed by atoms with Crippen LogP contribution in [0.5, 0.6) is 0 Å². The smallest absolute Gasteiger partial charge is 0.0948 e. The van der Waals surface area contributed by atoms with E-state index in [1.807, 2.05) is 24.3 Å². The molecule has 1 aromatic carbocycles. The molecule has 0 saturated carbocycles. The molecule has 1 unspecified atom stereocenters. The Bertz CT molecular complexity index is 385. The molecule has 1 saturated heterocycles. The van der Waals surface area contributed by atoms with E-state index < -0.39 is 0 Å². The van der Waals surface area contributed by atoms with Crippen molar-refractivity contribution in [2.24, 2.45) is 5.73 Å². The van der Waals surface area contributed by atoms with Gasteiger partial charge in [-0.1, -0.05) is 42.4 Å². The van der Waals surface area contributed by atoms with Crippen molar-refractivity contribution in [1.82, 2.24) is 4.90 Å². The molecule has 0 bridgehead atoms. The lowest BCUT2D eigenvalue weighted by atomic mass is 10.0. The van der Waals surface area contributed by atoms with Crippen molar-refractivity contribution in [2.75, 3.05) is 13.1 Å². The lowest BCUT2D eigenvalue weighted by Gasteiger charge is -2.34. The van der Waals surface area contributed by atoms with Crippen LogP contribution in [0.3, 0.4) is 0 Å². The molecule has 1 fully saturated rings. The zero-order valence-corrected chi connectivity index (χ0v) is 11.3. The fourth-order valence-corrected chi connectivity index (χ4v) is 2.79. The third kappa shape index (κ3) is 3.18. The molecule has 1 heterocycles. The number of rotatable bonds is 3. The quantitative estimate of drug-likeness (QED) is 0.854. The van der Waals surface area contributed by atoms with E-state index in [2.05, 4.69) is 4.90 Å². The average Bonchev–Trinajstić information content (AvgIpc) is 2.33. The summed E-state index contributed by atoms with van der Waals surface area (Å²) in [7, 11) is 0. The number of nitrogens with two attached hydrogens (primary N) is 1. The lowest BCUT2D eigenvalue weighted by Crippen LogP contribution is -2.40. The van der Waals surface area contributed by atoms with E-state index in [9.17, 15) is 0 Å². The van der Waals surface area contributed by atoms with E-state index in [4.69, 9.17) is 29.6 Å². The summed E-state index contributed by atoms with van der Waals surface area (Å²) in [5, 5.41) is 0.745. The standard InChI is InChI=1S/C13H17ClN2S/c14-11-6-4-10(5-7-11)12(13(15)17)16-8-2-1-3-9-16/h4-7,12H,1-3,8-9H2,(H2,15,17). The van der Waals surface area contributed by atoms with Crippen LogP contribution in [-0.2, 0) is 0 Å². The Kier molecular flexibility index (Phi) is 4.37. The van der Waals surface area contributed by atoms with Gasteiger partial charge in [-0.25, -0.2) is 0 Å². The maximum atomic E-state index is 5.90. The number of halogens is 1. The SMILES string of the molecule is NC(=S)C(c1ccc(Cl)cc1)N1CCCCC1. The molecule has 0 radical (unpaired) electrons. The normalized spacial score (nSPS) is 18.9. The van der Waals surface area contributed by atoms with Crippen molar-refractivity contribution in [3.05, 3.63) is 34.9 Å². The summed E-state index contributed by atoms with van der Waals surface area (Å²) in [5.41, 5.74) is 7.04. The third-order valence-corrected chi connectivity index (χ3v) is 3.69. The Morgan fingerprint density at radius 2 is 1.76 bits per heavy atom. The molecule has 17 heavy (non-hydrogen) atoms. The van der Waals surface area contributed by atoms with E-state index in [1.165, 1.54) is 19.3 Å². The molecule has 2 rings (SSSR count). The molecule has 2 nitrogen and oxygen atoms in total. The average molecular weight is 269 g/mol. The largest absolute Gasteiger partial charge is 0.392 e. The molecule has 1 aliphatic rings. The lowest BCUT2D eigenvalue weighted by molar-refractivity contribution is 0.203. The minimum absolute atomic E-state index is 0.0579. The van der Waals surface area contributed by atoms with Gasteiger partial charge in [-0.15, -0.1) is 0 Å². The number of nitrogens with zero attached hydrogens (tertiary/aromatic N) is 1. The van der Waals surface area contributed by atoms with Crippen LogP contribution in [0.25, 0.3) is 0 Å². The highest BCUT2D eigenvalue weighted by Gasteiger charge is 2.24. The monoisotopic (exact) mass is 268 g/mol. The first-order valence-corrected chi connectivity index (χ1v) is 6.76. The van der Waals surface area contributed by atoms with Crippen molar-refractivity contribution in [1.29, 1.82) is 0 Å². The second-order valence-electron chi connectivity index (χ2n) is 4.45. The minimum atomic E-state index is 0.0579. The number of likely N-dealkylation sites (tertiary alicyclic amines) is 1. The topological polar surface area (TPSA) is 29.3 Å². The molecule has 1 aromatic rings. The van der Waals surface area contributed by atoms with Gasteiger partial charge < -0.3 is 5.73 Å². The highest BCUT2D eigenvalue weighted by Crippen LogP contribution is 2.26. The zero-order valence-electron chi connectivity index (χ0n) is 9.73. The van der Waals surface area contributed by atoms with Gasteiger partial charge in [0.15, 0.2) is 0 Å². The van der Waals surface area contributed by atoms with Crippen molar-refractivity contribution in [2.45, 2.75) is 25.3 Å². The molecule has 0 aromatic heterocycles. The van der Waals surface area contributed by atoms with Gasteiger partial charge in [0.1, 0.15) is 0 Å². The molecular formula is C13H17ClN2S. The molecule has 2 N–H and O–H groups in total. The summed E-state index contributed by atoms with van der Waals surface area (Å²) in [4.78, 5) is 2.92. The van der Waals surface area contributed by atoms with E-state index in [1.54, 1.807) is 0 Å². The second kappa shape index (κ2) is 5.80. The summed E-state index contributed by atoms with van der Waals surface area (Å²) in [6, 6.07) is 7.88. The van der Waals surface area contributed by atoms with Crippen molar-refractivity contribution >= 4 is 28.8 Å². The minimum Gasteiger partial charge on any atom is -0.392 e. The maximum absolute atomic E-state index is 5.90. The van der Waals surface area contributed by atoms with Crippen LogP contribution in [0, 0.1) is 0 Å². The Morgan fingerprint density at radius 1 is 1.18 bits per heavy atom. The number of benzene rings is 1.